The smallest absolute Gasteiger partial charge is 0.129 e. The molecule has 17 heavy (non-hydrogen) atoms. The molecule has 0 aliphatic carbocycles. The highest BCUT2D eigenvalue weighted by Gasteiger charge is 2.07. The maximum Gasteiger partial charge on any atom is 0.129 e. The molecule has 0 fully saturated rings. The molecule has 0 saturated heterocycles. The molecule has 2 aromatic heterocycles. The van der Waals surface area contributed by atoms with Crippen molar-refractivity contribution in [2.45, 2.75) is 27.3 Å². The molecule has 0 bridgehead atoms. The van der Waals surface area contributed by atoms with E-state index in [1.165, 1.54) is 5.56 Å². The van der Waals surface area contributed by atoms with E-state index in [1.54, 1.807) is 6.07 Å². The van der Waals surface area contributed by atoms with E-state index >= 15 is 0 Å². The first-order chi connectivity index (χ1) is 8.08. The van der Waals surface area contributed by atoms with Crippen LogP contribution in [0.2, 0.25) is 5.15 Å². The minimum atomic E-state index is 0.517. The minimum Gasteiger partial charge on any atom is -0.379 e. The number of hydrogen-bond donors (Lipinski definition) is 2. The molecular formula is C12H15ClN4. The van der Waals surface area contributed by atoms with Crippen molar-refractivity contribution in [3.8, 4) is 0 Å². The van der Waals surface area contributed by atoms with Gasteiger partial charge in [0, 0.05) is 17.8 Å². The van der Waals surface area contributed by atoms with E-state index in [0.29, 0.717) is 5.15 Å². The lowest BCUT2D eigenvalue weighted by Crippen LogP contribution is -2.03. The fraction of sp³-hybridized carbons (Fsp3) is 0.333. The van der Waals surface area contributed by atoms with Crippen LogP contribution in [0.25, 0.3) is 0 Å². The zero-order chi connectivity index (χ0) is 12.4. The predicted octanol–water partition coefficient (Wildman–Crippen LogP) is 3.00. The number of halogens is 1. The Morgan fingerprint density at radius 2 is 2.00 bits per heavy atom. The summed E-state index contributed by atoms with van der Waals surface area (Å²) in [6.45, 7) is 6.68. The van der Waals surface area contributed by atoms with Crippen LogP contribution in [0.5, 0.6) is 0 Å². The van der Waals surface area contributed by atoms with E-state index in [4.69, 9.17) is 11.6 Å². The Balaban J connectivity index is 2.13. The largest absolute Gasteiger partial charge is 0.379 e. The predicted molar refractivity (Wildman–Crippen MR) is 69.4 cm³/mol. The Morgan fingerprint density at radius 3 is 2.59 bits per heavy atom. The fourth-order valence-corrected chi connectivity index (χ4v) is 1.93. The normalized spacial score (nSPS) is 10.6. The van der Waals surface area contributed by atoms with E-state index in [9.17, 15) is 0 Å². The molecule has 0 aliphatic rings. The second kappa shape index (κ2) is 4.75. The zero-order valence-electron chi connectivity index (χ0n) is 10.1. The molecule has 0 amide bonds. The summed E-state index contributed by atoms with van der Waals surface area (Å²) < 4.78 is 0. The van der Waals surface area contributed by atoms with Gasteiger partial charge < -0.3 is 5.32 Å². The molecule has 0 spiro atoms. The summed E-state index contributed by atoms with van der Waals surface area (Å²) in [6.07, 6.45) is 0. The Morgan fingerprint density at radius 1 is 1.24 bits per heavy atom. The standard InChI is InChI=1S/C12H15ClN4/c1-7-10(8(2)17-16-7)6-14-11-4-5-12(13)15-9(11)3/h4-5,14H,6H2,1-3H3,(H,16,17). The van der Waals surface area contributed by atoms with Gasteiger partial charge in [0.2, 0.25) is 0 Å². The van der Waals surface area contributed by atoms with Crippen LogP contribution in [0.15, 0.2) is 12.1 Å². The lowest BCUT2D eigenvalue weighted by atomic mass is 10.2. The van der Waals surface area contributed by atoms with E-state index in [2.05, 4.69) is 20.5 Å². The minimum absolute atomic E-state index is 0.517. The van der Waals surface area contributed by atoms with Crippen molar-refractivity contribution < 1.29 is 0 Å². The highest BCUT2D eigenvalue weighted by atomic mass is 35.5. The molecule has 2 aromatic rings. The van der Waals surface area contributed by atoms with E-state index in [1.807, 2.05) is 26.8 Å². The number of hydrogen-bond acceptors (Lipinski definition) is 3. The van der Waals surface area contributed by atoms with Gasteiger partial charge in [-0.05, 0) is 32.9 Å². The molecule has 2 rings (SSSR count). The summed E-state index contributed by atoms with van der Waals surface area (Å²) in [6, 6.07) is 3.72. The Hall–Kier alpha value is -1.55. The second-order valence-corrected chi connectivity index (χ2v) is 4.42. The molecule has 2 N–H and O–H groups in total. The van der Waals surface area contributed by atoms with Crippen molar-refractivity contribution in [1.29, 1.82) is 0 Å². The first-order valence-electron chi connectivity index (χ1n) is 5.45. The maximum absolute atomic E-state index is 5.81. The highest BCUT2D eigenvalue weighted by molar-refractivity contribution is 6.29. The number of anilines is 1. The molecule has 0 aromatic carbocycles. The third-order valence-electron chi connectivity index (χ3n) is 2.79. The van der Waals surface area contributed by atoms with Gasteiger partial charge in [-0.3, -0.25) is 5.10 Å². The first kappa shape index (κ1) is 11.9. The third kappa shape index (κ3) is 2.58. The van der Waals surface area contributed by atoms with Crippen LogP contribution in [0.3, 0.4) is 0 Å². The van der Waals surface area contributed by atoms with Gasteiger partial charge in [-0.1, -0.05) is 11.6 Å². The molecule has 90 valence electrons. The van der Waals surface area contributed by atoms with Gasteiger partial charge in [0.1, 0.15) is 5.15 Å². The summed E-state index contributed by atoms with van der Waals surface area (Å²) in [5, 5.41) is 11.0. The van der Waals surface area contributed by atoms with Gasteiger partial charge in [0.05, 0.1) is 17.1 Å². The van der Waals surface area contributed by atoms with Crippen LogP contribution < -0.4 is 5.32 Å². The van der Waals surface area contributed by atoms with E-state index in [0.717, 1.165) is 29.3 Å². The summed E-state index contributed by atoms with van der Waals surface area (Å²) in [5.74, 6) is 0. The average molecular weight is 251 g/mol. The molecule has 0 atom stereocenters. The molecule has 2 heterocycles. The molecule has 0 saturated carbocycles. The number of H-pyrrole nitrogens is 1. The number of pyridine rings is 1. The first-order valence-corrected chi connectivity index (χ1v) is 5.83. The van der Waals surface area contributed by atoms with Crippen molar-refractivity contribution in [2.24, 2.45) is 0 Å². The summed E-state index contributed by atoms with van der Waals surface area (Å²) in [5.41, 5.74) is 5.20. The van der Waals surface area contributed by atoms with Gasteiger partial charge in [0.25, 0.3) is 0 Å². The van der Waals surface area contributed by atoms with Crippen LogP contribution in [0.1, 0.15) is 22.6 Å². The molecule has 5 heteroatoms. The average Bonchev–Trinajstić information content (AvgIpc) is 2.58. The van der Waals surface area contributed by atoms with Crippen molar-refractivity contribution in [3.63, 3.8) is 0 Å². The van der Waals surface area contributed by atoms with E-state index in [-0.39, 0.29) is 0 Å². The Kier molecular flexibility index (Phi) is 3.33. The highest BCUT2D eigenvalue weighted by Crippen LogP contribution is 2.18. The third-order valence-corrected chi connectivity index (χ3v) is 3.00. The van der Waals surface area contributed by atoms with Gasteiger partial charge in [-0.25, -0.2) is 4.98 Å². The number of rotatable bonds is 3. The quantitative estimate of drug-likeness (QED) is 0.824. The van der Waals surface area contributed by atoms with Crippen molar-refractivity contribution in [1.82, 2.24) is 15.2 Å². The number of aromatic amines is 1. The van der Waals surface area contributed by atoms with Crippen molar-refractivity contribution in [2.75, 3.05) is 5.32 Å². The molecule has 0 aliphatic heterocycles. The molecular weight excluding hydrogens is 236 g/mol. The SMILES string of the molecule is Cc1nc(Cl)ccc1NCc1c(C)n[nH]c1C. The van der Waals surface area contributed by atoms with Crippen LogP contribution in [-0.2, 0) is 6.54 Å². The van der Waals surface area contributed by atoms with Gasteiger partial charge in [-0.2, -0.15) is 5.10 Å². The number of nitrogens with zero attached hydrogens (tertiary/aromatic N) is 2. The summed E-state index contributed by atoms with van der Waals surface area (Å²) in [7, 11) is 0. The van der Waals surface area contributed by atoms with Crippen LogP contribution in [-0.4, -0.2) is 15.2 Å². The molecule has 0 unspecified atom stereocenters. The zero-order valence-corrected chi connectivity index (χ0v) is 10.9. The Bertz CT molecular complexity index is 514. The van der Waals surface area contributed by atoms with Gasteiger partial charge in [0.15, 0.2) is 0 Å². The lowest BCUT2D eigenvalue weighted by Gasteiger charge is -2.09. The topological polar surface area (TPSA) is 53.6 Å². The Labute approximate surface area is 105 Å². The van der Waals surface area contributed by atoms with E-state index < -0.39 is 0 Å². The number of nitrogens with one attached hydrogen (secondary N) is 2. The number of aryl methyl sites for hydroxylation is 3. The van der Waals surface area contributed by atoms with Gasteiger partial charge in [-0.15, -0.1) is 0 Å². The lowest BCUT2D eigenvalue weighted by molar-refractivity contribution is 1.02. The van der Waals surface area contributed by atoms with Crippen molar-refractivity contribution in [3.05, 3.63) is 39.9 Å². The van der Waals surface area contributed by atoms with Crippen LogP contribution >= 0.6 is 11.6 Å². The van der Waals surface area contributed by atoms with Crippen LogP contribution in [0.4, 0.5) is 5.69 Å². The molecule has 0 radical (unpaired) electrons. The van der Waals surface area contributed by atoms with Crippen molar-refractivity contribution >= 4 is 17.3 Å². The maximum atomic E-state index is 5.81. The number of aromatic nitrogens is 3. The van der Waals surface area contributed by atoms with Gasteiger partial charge >= 0.3 is 0 Å². The van der Waals surface area contributed by atoms with Crippen LogP contribution in [0, 0.1) is 20.8 Å². The second-order valence-electron chi connectivity index (χ2n) is 4.03. The monoisotopic (exact) mass is 250 g/mol. The fourth-order valence-electron chi connectivity index (χ4n) is 1.74. The molecule has 4 nitrogen and oxygen atoms in total. The summed E-state index contributed by atoms with van der Waals surface area (Å²) >= 11 is 5.81. The summed E-state index contributed by atoms with van der Waals surface area (Å²) in [4.78, 5) is 4.20.